The van der Waals surface area contributed by atoms with Crippen LogP contribution in [0.25, 0.3) is 0 Å². The van der Waals surface area contributed by atoms with Gasteiger partial charge in [0, 0.05) is 19.0 Å². The van der Waals surface area contributed by atoms with E-state index in [1.165, 1.54) is 0 Å². The second kappa shape index (κ2) is 4.07. The Morgan fingerprint density at radius 2 is 2.12 bits per heavy atom. The smallest absolute Gasteiger partial charge is 0.228 e. The van der Waals surface area contributed by atoms with Gasteiger partial charge >= 0.3 is 0 Å². The number of aryl methyl sites for hydroxylation is 2. The van der Waals surface area contributed by atoms with E-state index in [0.717, 1.165) is 16.8 Å². The fraction of sp³-hybridized carbons (Fsp3) is 0.417. The SMILES string of the molecule is Cc1cc(C)c(N2CC(N)CC2=O)c(Cl)c1. The van der Waals surface area contributed by atoms with Crippen LogP contribution in [0.15, 0.2) is 12.1 Å². The Labute approximate surface area is 100 Å². The van der Waals surface area contributed by atoms with E-state index in [1.807, 2.05) is 26.0 Å². The van der Waals surface area contributed by atoms with Crippen molar-refractivity contribution in [2.45, 2.75) is 26.3 Å². The molecule has 1 heterocycles. The van der Waals surface area contributed by atoms with E-state index < -0.39 is 0 Å². The van der Waals surface area contributed by atoms with Crippen molar-refractivity contribution in [3.05, 3.63) is 28.3 Å². The van der Waals surface area contributed by atoms with Crippen LogP contribution in [0.3, 0.4) is 0 Å². The quantitative estimate of drug-likeness (QED) is 0.814. The highest BCUT2D eigenvalue weighted by molar-refractivity contribution is 6.34. The van der Waals surface area contributed by atoms with Crippen LogP contribution in [0.5, 0.6) is 0 Å². The molecular formula is C12H15ClN2O. The standard InChI is InChI=1S/C12H15ClN2O/c1-7-3-8(2)12(10(13)4-7)15-6-9(14)5-11(15)16/h3-4,9H,5-6,14H2,1-2H3. The minimum Gasteiger partial charge on any atom is -0.326 e. The summed E-state index contributed by atoms with van der Waals surface area (Å²) in [6.45, 7) is 4.51. The largest absolute Gasteiger partial charge is 0.326 e. The lowest BCUT2D eigenvalue weighted by atomic mass is 10.1. The molecule has 4 heteroatoms. The van der Waals surface area contributed by atoms with Gasteiger partial charge in [-0.05, 0) is 31.0 Å². The van der Waals surface area contributed by atoms with E-state index in [4.69, 9.17) is 17.3 Å². The Balaban J connectivity index is 2.44. The van der Waals surface area contributed by atoms with Gasteiger partial charge < -0.3 is 10.6 Å². The van der Waals surface area contributed by atoms with Crippen molar-refractivity contribution in [1.82, 2.24) is 0 Å². The van der Waals surface area contributed by atoms with Gasteiger partial charge in [0.1, 0.15) is 0 Å². The van der Waals surface area contributed by atoms with Crippen molar-refractivity contribution >= 4 is 23.2 Å². The number of hydrogen-bond acceptors (Lipinski definition) is 2. The molecular weight excluding hydrogens is 224 g/mol. The molecule has 1 unspecified atom stereocenters. The number of rotatable bonds is 1. The topological polar surface area (TPSA) is 46.3 Å². The van der Waals surface area contributed by atoms with E-state index in [-0.39, 0.29) is 11.9 Å². The maximum atomic E-state index is 11.8. The summed E-state index contributed by atoms with van der Waals surface area (Å²) in [5, 5.41) is 0.625. The van der Waals surface area contributed by atoms with Crippen LogP contribution >= 0.6 is 11.6 Å². The summed E-state index contributed by atoms with van der Waals surface area (Å²) in [7, 11) is 0. The summed E-state index contributed by atoms with van der Waals surface area (Å²) in [6.07, 6.45) is 0.406. The average molecular weight is 239 g/mol. The molecule has 2 N–H and O–H groups in total. The van der Waals surface area contributed by atoms with Gasteiger partial charge in [-0.25, -0.2) is 0 Å². The first kappa shape index (κ1) is 11.4. The number of amides is 1. The molecule has 1 fully saturated rings. The number of anilines is 1. The van der Waals surface area contributed by atoms with Crippen molar-refractivity contribution in [1.29, 1.82) is 0 Å². The lowest BCUT2D eigenvalue weighted by Crippen LogP contribution is -2.28. The minimum absolute atomic E-state index is 0.0568. The van der Waals surface area contributed by atoms with Gasteiger partial charge in [0.25, 0.3) is 0 Å². The third-order valence-electron chi connectivity index (χ3n) is 2.82. The summed E-state index contributed by atoms with van der Waals surface area (Å²) in [6, 6.07) is 3.82. The van der Waals surface area contributed by atoms with Crippen LogP contribution in [0, 0.1) is 13.8 Å². The highest BCUT2D eigenvalue weighted by atomic mass is 35.5. The highest BCUT2D eigenvalue weighted by Gasteiger charge is 2.30. The molecule has 1 atom stereocenters. The minimum atomic E-state index is -0.0794. The monoisotopic (exact) mass is 238 g/mol. The second-order valence-electron chi connectivity index (χ2n) is 4.38. The predicted molar refractivity (Wildman–Crippen MR) is 65.9 cm³/mol. The zero-order valence-corrected chi connectivity index (χ0v) is 10.2. The van der Waals surface area contributed by atoms with Gasteiger partial charge in [-0.15, -0.1) is 0 Å². The summed E-state index contributed by atoms with van der Waals surface area (Å²) in [5.74, 6) is 0.0568. The van der Waals surface area contributed by atoms with Crippen LogP contribution < -0.4 is 10.6 Å². The fourth-order valence-corrected chi connectivity index (χ4v) is 2.62. The Hall–Kier alpha value is -1.06. The molecule has 3 nitrogen and oxygen atoms in total. The molecule has 16 heavy (non-hydrogen) atoms. The fourth-order valence-electron chi connectivity index (χ4n) is 2.20. The number of carbonyl (C=O) groups is 1. The first-order valence-corrected chi connectivity index (χ1v) is 5.69. The first-order chi connectivity index (χ1) is 7.49. The Bertz CT molecular complexity index is 422. The van der Waals surface area contributed by atoms with Gasteiger partial charge in [-0.2, -0.15) is 0 Å². The Kier molecular flexibility index (Phi) is 2.91. The maximum absolute atomic E-state index is 11.8. The lowest BCUT2D eigenvalue weighted by Gasteiger charge is -2.20. The number of carbonyl (C=O) groups excluding carboxylic acids is 1. The molecule has 86 valence electrons. The van der Waals surface area contributed by atoms with Crippen molar-refractivity contribution < 1.29 is 4.79 Å². The molecule has 0 aliphatic carbocycles. The normalized spacial score (nSPS) is 20.6. The van der Waals surface area contributed by atoms with Crippen molar-refractivity contribution in [3.8, 4) is 0 Å². The molecule has 1 saturated heterocycles. The second-order valence-corrected chi connectivity index (χ2v) is 4.79. The summed E-state index contributed by atoms with van der Waals surface area (Å²) >= 11 is 6.19. The van der Waals surface area contributed by atoms with E-state index in [1.54, 1.807) is 4.90 Å². The van der Waals surface area contributed by atoms with Gasteiger partial charge in [0.2, 0.25) is 5.91 Å². The predicted octanol–water partition coefficient (Wildman–Crippen LogP) is 2.02. The van der Waals surface area contributed by atoms with Crippen LogP contribution in [0.2, 0.25) is 5.02 Å². The molecule has 0 bridgehead atoms. The lowest BCUT2D eigenvalue weighted by molar-refractivity contribution is -0.117. The summed E-state index contributed by atoms with van der Waals surface area (Å²) in [4.78, 5) is 13.5. The molecule has 1 aromatic rings. The molecule has 1 aliphatic heterocycles. The summed E-state index contributed by atoms with van der Waals surface area (Å²) < 4.78 is 0. The van der Waals surface area contributed by atoms with Crippen LogP contribution in [-0.2, 0) is 4.79 Å². The Morgan fingerprint density at radius 1 is 1.44 bits per heavy atom. The van der Waals surface area contributed by atoms with Crippen molar-refractivity contribution in [2.24, 2.45) is 5.73 Å². The van der Waals surface area contributed by atoms with Crippen LogP contribution in [0.1, 0.15) is 17.5 Å². The number of nitrogens with two attached hydrogens (primary N) is 1. The van der Waals surface area contributed by atoms with Gasteiger partial charge in [0.15, 0.2) is 0 Å². The van der Waals surface area contributed by atoms with E-state index >= 15 is 0 Å². The first-order valence-electron chi connectivity index (χ1n) is 5.31. The molecule has 1 aromatic carbocycles. The summed E-state index contributed by atoms with van der Waals surface area (Å²) in [5.41, 5.74) is 8.71. The molecule has 0 spiro atoms. The van der Waals surface area contributed by atoms with Gasteiger partial charge in [-0.3, -0.25) is 4.79 Å². The van der Waals surface area contributed by atoms with Crippen molar-refractivity contribution in [2.75, 3.05) is 11.4 Å². The highest BCUT2D eigenvalue weighted by Crippen LogP contribution is 2.33. The molecule has 0 aromatic heterocycles. The number of nitrogens with zero attached hydrogens (tertiary/aromatic N) is 1. The number of halogens is 1. The molecule has 2 rings (SSSR count). The van der Waals surface area contributed by atoms with E-state index in [2.05, 4.69) is 0 Å². The third kappa shape index (κ3) is 1.93. The average Bonchev–Trinajstić information content (AvgIpc) is 2.43. The number of benzene rings is 1. The van der Waals surface area contributed by atoms with Crippen molar-refractivity contribution in [3.63, 3.8) is 0 Å². The molecule has 0 saturated carbocycles. The Morgan fingerprint density at radius 3 is 2.62 bits per heavy atom. The maximum Gasteiger partial charge on any atom is 0.228 e. The van der Waals surface area contributed by atoms with Gasteiger partial charge in [0.05, 0.1) is 10.7 Å². The van der Waals surface area contributed by atoms with Crippen LogP contribution in [-0.4, -0.2) is 18.5 Å². The van der Waals surface area contributed by atoms with Crippen LogP contribution in [0.4, 0.5) is 5.69 Å². The zero-order chi connectivity index (χ0) is 11.9. The molecule has 1 aliphatic rings. The third-order valence-corrected chi connectivity index (χ3v) is 3.11. The molecule has 0 radical (unpaired) electrons. The number of hydrogen-bond donors (Lipinski definition) is 1. The van der Waals surface area contributed by atoms with E-state index in [9.17, 15) is 4.79 Å². The van der Waals surface area contributed by atoms with E-state index in [0.29, 0.717) is 18.0 Å². The molecule has 1 amide bonds. The zero-order valence-electron chi connectivity index (χ0n) is 9.46. The van der Waals surface area contributed by atoms with Gasteiger partial charge in [-0.1, -0.05) is 17.7 Å².